The van der Waals surface area contributed by atoms with Crippen LogP contribution in [0.2, 0.25) is 0 Å². The summed E-state index contributed by atoms with van der Waals surface area (Å²) in [5.74, 6) is 0. The first-order valence-corrected chi connectivity index (χ1v) is 6.57. The minimum absolute atomic E-state index is 0.0153. The zero-order chi connectivity index (χ0) is 12.5. The number of nitrogens with zero attached hydrogens (tertiary/aromatic N) is 2. The molecule has 0 amide bonds. The number of rotatable bonds is 2. The van der Waals surface area contributed by atoms with Crippen molar-refractivity contribution >= 4 is 22.2 Å². The van der Waals surface area contributed by atoms with Crippen LogP contribution >= 0.6 is 11.3 Å². The van der Waals surface area contributed by atoms with E-state index in [-0.39, 0.29) is 6.61 Å². The third-order valence-electron chi connectivity index (χ3n) is 2.92. The molecule has 0 unspecified atom stereocenters. The second kappa shape index (κ2) is 4.48. The predicted molar refractivity (Wildman–Crippen MR) is 73.5 cm³/mol. The molecule has 1 aromatic carbocycles. The number of fused-ring (bicyclic) bond motifs is 1. The maximum atomic E-state index is 9.09. The summed E-state index contributed by atoms with van der Waals surface area (Å²) < 4.78 is 0. The van der Waals surface area contributed by atoms with E-state index in [0.29, 0.717) is 5.69 Å². The van der Waals surface area contributed by atoms with Gasteiger partial charge in [-0.05, 0) is 18.6 Å². The van der Waals surface area contributed by atoms with Crippen molar-refractivity contribution in [3.63, 3.8) is 0 Å². The molecule has 0 aliphatic heterocycles. The van der Waals surface area contributed by atoms with Gasteiger partial charge < -0.3 is 5.11 Å². The van der Waals surface area contributed by atoms with Gasteiger partial charge in [-0.1, -0.05) is 18.2 Å². The molecule has 1 N–H and O–H groups in total. The van der Waals surface area contributed by atoms with Gasteiger partial charge in [0.05, 0.1) is 17.8 Å². The summed E-state index contributed by atoms with van der Waals surface area (Å²) in [5, 5.41) is 13.0. The van der Waals surface area contributed by atoms with Gasteiger partial charge in [0, 0.05) is 22.5 Å². The molecule has 0 fully saturated rings. The van der Waals surface area contributed by atoms with Crippen LogP contribution in [0.3, 0.4) is 0 Å². The molecule has 4 heteroatoms. The fourth-order valence-corrected chi connectivity index (χ4v) is 2.85. The lowest BCUT2D eigenvalue weighted by Gasteiger charge is -2.05. The second-order valence-corrected chi connectivity index (χ2v) is 4.99. The van der Waals surface area contributed by atoms with Crippen molar-refractivity contribution in [1.29, 1.82) is 0 Å². The molecule has 0 atom stereocenters. The summed E-state index contributed by atoms with van der Waals surface area (Å²) >= 11 is 1.55. The van der Waals surface area contributed by atoms with Crippen LogP contribution in [0.15, 0.2) is 35.8 Å². The molecule has 0 saturated carbocycles. The van der Waals surface area contributed by atoms with E-state index < -0.39 is 0 Å². The monoisotopic (exact) mass is 256 g/mol. The van der Waals surface area contributed by atoms with E-state index in [1.807, 2.05) is 11.4 Å². The third kappa shape index (κ3) is 1.79. The van der Waals surface area contributed by atoms with Gasteiger partial charge in [0.15, 0.2) is 0 Å². The van der Waals surface area contributed by atoms with Gasteiger partial charge in [0.25, 0.3) is 0 Å². The molecule has 0 aliphatic carbocycles. The van der Waals surface area contributed by atoms with Crippen molar-refractivity contribution in [2.24, 2.45) is 0 Å². The van der Waals surface area contributed by atoms with E-state index in [1.54, 1.807) is 17.5 Å². The average molecular weight is 256 g/mol. The highest BCUT2D eigenvalue weighted by Crippen LogP contribution is 2.31. The normalized spacial score (nSPS) is 11.0. The Bertz CT molecular complexity index is 706. The molecule has 2 heterocycles. The summed E-state index contributed by atoms with van der Waals surface area (Å²) in [6.45, 7) is 2.04. The Balaban J connectivity index is 2.26. The van der Waals surface area contributed by atoms with Gasteiger partial charge in [0.2, 0.25) is 0 Å². The van der Waals surface area contributed by atoms with Gasteiger partial charge >= 0.3 is 0 Å². The minimum Gasteiger partial charge on any atom is -0.390 e. The first-order valence-electron chi connectivity index (χ1n) is 5.69. The Labute approximate surface area is 109 Å². The maximum Gasteiger partial charge on any atom is 0.124 e. The van der Waals surface area contributed by atoms with Gasteiger partial charge in [0.1, 0.15) is 5.01 Å². The molecule has 0 radical (unpaired) electrons. The van der Waals surface area contributed by atoms with E-state index in [4.69, 9.17) is 5.11 Å². The van der Waals surface area contributed by atoms with Crippen molar-refractivity contribution in [3.8, 4) is 10.6 Å². The van der Waals surface area contributed by atoms with Crippen LogP contribution in [0.1, 0.15) is 11.3 Å². The lowest BCUT2D eigenvalue weighted by atomic mass is 10.1. The van der Waals surface area contributed by atoms with Crippen molar-refractivity contribution in [2.45, 2.75) is 13.5 Å². The number of aromatic nitrogens is 2. The smallest absolute Gasteiger partial charge is 0.124 e. The Morgan fingerprint density at radius 2 is 2.17 bits per heavy atom. The molecular weight excluding hydrogens is 244 g/mol. The van der Waals surface area contributed by atoms with Crippen molar-refractivity contribution in [1.82, 2.24) is 9.97 Å². The fourth-order valence-electron chi connectivity index (χ4n) is 2.00. The Morgan fingerprint density at radius 1 is 1.28 bits per heavy atom. The number of pyridine rings is 1. The third-order valence-corrected chi connectivity index (χ3v) is 3.84. The number of hydrogen-bond donors (Lipinski definition) is 1. The number of aryl methyl sites for hydroxylation is 1. The minimum atomic E-state index is -0.0153. The largest absolute Gasteiger partial charge is 0.390 e. The Morgan fingerprint density at radius 3 is 2.94 bits per heavy atom. The zero-order valence-corrected chi connectivity index (χ0v) is 10.7. The van der Waals surface area contributed by atoms with E-state index >= 15 is 0 Å². The van der Waals surface area contributed by atoms with Crippen LogP contribution in [-0.4, -0.2) is 15.1 Å². The summed E-state index contributed by atoms with van der Waals surface area (Å²) in [4.78, 5) is 8.84. The van der Waals surface area contributed by atoms with E-state index in [9.17, 15) is 0 Å². The maximum absolute atomic E-state index is 9.09. The van der Waals surface area contributed by atoms with Crippen molar-refractivity contribution in [2.75, 3.05) is 0 Å². The SMILES string of the molecule is Cc1ccc(-c2nc(CO)cs2)c2cccnc12. The summed E-state index contributed by atoms with van der Waals surface area (Å²) in [6.07, 6.45) is 1.81. The fraction of sp³-hybridized carbons (Fsp3) is 0.143. The standard InChI is InChI=1S/C14H12N2OS/c1-9-4-5-12(11-3-2-6-15-13(9)11)14-16-10(7-17)8-18-14/h2-6,8,17H,7H2,1H3. The molecule has 2 aromatic heterocycles. The lowest BCUT2D eigenvalue weighted by molar-refractivity contribution is 0.278. The number of benzene rings is 1. The number of hydrogen-bond acceptors (Lipinski definition) is 4. The second-order valence-electron chi connectivity index (χ2n) is 4.13. The molecule has 3 nitrogen and oxygen atoms in total. The molecule has 0 spiro atoms. The van der Waals surface area contributed by atoms with Crippen LogP contribution in [0.5, 0.6) is 0 Å². The quantitative estimate of drug-likeness (QED) is 0.766. The van der Waals surface area contributed by atoms with Crippen LogP contribution < -0.4 is 0 Å². The van der Waals surface area contributed by atoms with E-state index in [0.717, 1.165) is 27.0 Å². The van der Waals surface area contributed by atoms with Crippen LogP contribution in [0.4, 0.5) is 0 Å². The average Bonchev–Trinajstić information content (AvgIpc) is 2.88. The Kier molecular flexibility index (Phi) is 2.81. The van der Waals surface area contributed by atoms with Gasteiger partial charge in [-0.25, -0.2) is 4.98 Å². The number of aliphatic hydroxyl groups excluding tert-OH is 1. The molecule has 0 saturated heterocycles. The van der Waals surface area contributed by atoms with Crippen molar-refractivity contribution < 1.29 is 5.11 Å². The highest BCUT2D eigenvalue weighted by atomic mass is 32.1. The van der Waals surface area contributed by atoms with Gasteiger partial charge in [-0.15, -0.1) is 11.3 Å². The van der Waals surface area contributed by atoms with Gasteiger partial charge in [-0.3, -0.25) is 4.98 Å². The zero-order valence-electron chi connectivity index (χ0n) is 9.92. The first kappa shape index (κ1) is 11.3. The lowest BCUT2D eigenvalue weighted by Crippen LogP contribution is -1.87. The van der Waals surface area contributed by atoms with Crippen molar-refractivity contribution in [3.05, 3.63) is 47.1 Å². The molecule has 0 bridgehead atoms. The number of thiazole rings is 1. The summed E-state index contributed by atoms with van der Waals surface area (Å²) in [5.41, 5.74) is 3.96. The van der Waals surface area contributed by atoms with Crippen LogP contribution in [-0.2, 0) is 6.61 Å². The molecule has 90 valence electrons. The highest BCUT2D eigenvalue weighted by molar-refractivity contribution is 7.13. The number of aliphatic hydroxyl groups is 1. The summed E-state index contributed by atoms with van der Waals surface area (Å²) in [6, 6.07) is 8.13. The molecule has 18 heavy (non-hydrogen) atoms. The molecular formula is C14H12N2OS. The summed E-state index contributed by atoms with van der Waals surface area (Å²) in [7, 11) is 0. The van der Waals surface area contributed by atoms with Crippen LogP contribution in [0, 0.1) is 6.92 Å². The van der Waals surface area contributed by atoms with Crippen LogP contribution in [0.25, 0.3) is 21.5 Å². The van der Waals surface area contributed by atoms with Gasteiger partial charge in [-0.2, -0.15) is 0 Å². The Hall–Kier alpha value is -1.78. The molecule has 3 aromatic rings. The predicted octanol–water partition coefficient (Wildman–Crippen LogP) is 3.16. The molecule has 3 rings (SSSR count). The highest BCUT2D eigenvalue weighted by Gasteiger charge is 2.09. The van der Waals surface area contributed by atoms with E-state index in [2.05, 4.69) is 35.1 Å². The van der Waals surface area contributed by atoms with E-state index in [1.165, 1.54) is 0 Å². The molecule has 0 aliphatic rings. The topological polar surface area (TPSA) is 46.0 Å². The first-order chi connectivity index (χ1) is 8.79.